The Hall–Kier alpha value is -3.36. The molecule has 170 valence electrons. The first-order chi connectivity index (χ1) is 15.4. The van der Waals surface area contributed by atoms with E-state index in [1.54, 1.807) is 35.7 Å². The third-order valence-corrected chi connectivity index (χ3v) is 6.08. The number of hydrogen-bond donors (Lipinski definition) is 0. The lowest BCUT2D eigenvalue weighted by atomic mass is 10.1. The van der Waals surface area contributed by atoms with Crippen LogP contribution in [0.1, 0.15) is 37.4 Å². The van der Waals surface area contributed by atoms with E-state index >= 15 is 0 Å². The average molecular weight is 440 g/mol. The Morgan fingerprint density at radius 2 is 1.72 bits per heavy atom. The van der Waals surface area contributed by atoms with Crippen LogP contribution in [0, 0.1) is 6.92 Å². The number of ether oxygens (including phenoxy) is 1. The summed E-state index contributed by atoms with van der Waals surface area (Å²) in [7, 11) is 1.58. The van der Waals surface area contributed by atoms with Gasteiger partial charge in [0.05, 0.1) is 19.3 Å². The number of aromatic nitrogens is 4. The van der Waals surface area contributed by atoms with Crippen molar-refractivity contribution in [1.82, 2.24) is 23.8 Å². The first-order valence-corrected chi connectivity index (χ1v) is 11.1. The number of likely N-dealkylation sites (tertiary alicyclic amines) is 1. The first-order valence-electron chi connectivity index (χ1n) is 11.1. The predicted octanol–water partition coefficient (Wildman–Crippen LogP) is 1.76. The van der Waals surface area contributed by atoms with Gasteiger partial charge in [-0.1, -0.05) is 12.1 Å². The monoisotopic (exact) mass is 439 g/mol. The Labute approximate surface area is 185 Å². The number of carbonyl (C=O) groups excluding carboxylic acids is 1. The van der Waals surface area contributed by atoms with E-state index in [0.717, 1.165) is 24.8 Å². The number of methoxy groups -OCH3 is 1. The smallest absolute Gasteiger partial charge is 0.332 e. The van der Waals surface area contributed by atoms with Crippen molar-refractivity contribution in [3.63, 3.8) is 0 Å². The molecule has 0 aliphatic carbocycles. The second kappa shape index (κ2) is 9.02. The van der Waals surface area contributed by atoms with Gasteiger partial charge < -0.3 is 9.64 Å². The predicted molar refractivity (Wildman–Crippen MR) is 121 cm³/mol. The van der Waals surface area contributed by atoms with E-state index in [-0.39, 0.29) is 19.0 Å². The molecule has 3 aromatic rings. The zero-order valence-corrected chi connectivity index (χ0v) is 18.8. The standard InChI is InChI=1S/C23H29N5O4/c1-4-28-21-20(16(2)24-28)26(15-19(29)25-12-6-5-7-13-25)23(31)27(22(21)30)14-17-8-10-18(32-3)11-9-17/h8-11H,4-7,12-15H2,1-3H3. The lowest BCUT2D eigenvalue weighted by Gasteiger charge is -2.27. The summed E-state index contributed by atoms with van der Waals surface area (Å²) in [5.41, 5.74) is 1.26. The maximum absolute atomic E-state index is 13.5. The van der Waals surface area contributed by atoms with Gasteiger partial charge in [0.1, 0.15) is 17.8 Å². The highest BCUT2D eigenvalue weighted by atomic mass is 16.5. The number of fused-ring (bicyclic) bond motifs is 1. The Morgan fingerprint density at radius 1 is 1.03 bits per heavy atom. The molecule has 1 saturated heterocycles. The number of benzene rings is 1. The third kappa shape index (κ3) is 3.94. The summed E-state index contributed by atoms with van der Waals surface area (Å²) in [6, 6.07) is 7.22. The van der Waals surface area contributed by atoms with E-state index in [1.165, 1.54) is 9.13 Å². The minimum Gasteiger partial charge on any atom is -0.497 e. The van der Waals surface area contributed by atoms with E-state index in [1.807, 2.05) is 19.1 Å². The van der Waals surface area contributed by atoms with Gasteiger partial charge in [0.15, 0.2) is 5.52 Å². The van der Waals surface area contributed by atoms with Gasteiger partial charge in [0.25, 0.3) is 5.56 Å². The van der Waals surface area contributed by atoms with Crippen LogP contribution in [0.2, 0.25) is 0 Å². The summed E-state index contributed by atoms with van der Waals surface area (Å²) >= 11 is 0. The van der Waals surface area contributed by atoms with Crippen molar-refractivity contribution in [2.75, 3.05) is 20.2 Å². The molecule has 9 heteroatoms. The molecule has 0 saturated carbocycles. The number of aryl methyl sites for hydroxylation is 2. The topological polar surface area (TPSA) is 91.4 Å². The number of nitrogens with zero attached hydrogens (tertiary/aromatic N) is 5. The van der Waals surface area contributed by atoms with Crippen LogP contribution in [0.4, 0.5) is 0 Å². The second-order valence-electron chi connectivity index (χ2n) is 8.15. The van der Waals surface area contributed by atoms with Crippen LogP contribution in [0.15, 0.2) is 33.9 Å². The van der Waals surface area contributed by atoms with Gasteiger partial charge >= 0.3 is 5.69 Å². The number of carbonyl (C=O) groups is 1. The molecule has 0 unspecified atom stereocenters. The van der Waals surface area contributed by atoms with Gasteiger partial charge in [0, 0.05) is 19.6 Å². The molecular weight excluding hydrogens is 410 g/mol. The zero-order valence-electron chi connectivity index (χ0n) is 18.8. The van der Waals surface area contributed by atoms with Crippen LogP contribution in [0.5, 0.6) is 5.75 Å². The molecule has 4 rings (SSSR count). The van der Waals surface area contributed by atoms with Crippen LogP contribution in [-0.2, 0) is 24.4 Å². The highest BCUT2D eigenvalue weighted by Gasteiger charge is 2.24. The van der Waals surface area contributed by atoms with Gasteiger partial charge in [-0.2, -0.15) is 5.10 Å². The number of rotatable bonds is 6. The Bertz CT molecular complexity index is 1250. The molecule has 2 aromatic heterocycles. The summed E-state index contributed by atoms with van der Waals surface area (Å²) in [5, 5.41) is 4.46. The molecule has 1 aromatic carbocycles. The molecule has 0 bridgehead atoms. The molecular formula is C23H29N5O4. The van der Waals surface area contributed by atoms with E-state index in [2.05, 4.69) is 5.10 Å². The minimum atomic E-state index is -0.498. The number of hydrogen-bond acceptors (Lipinski definition) is 5. The fraction of sp³-hybridized carbons (Fsp3) is 0.478. The summed E-state index contributed by atoms with van der Waals surface area (Å²) in [5.74, 6) is 0.590. The van der Waals surface area contributed by atoms with Crippen LogP contribution in [0.3, 0.4) is 0 Å². The largest absolute Gasteiger partial charge is 0.497 e. The maximum atomic E-state index is 13.5. The van der Waals surface area contributed by atoms with Crippen molar-refractivity contribution in [3.8, 4) is 5.75 Å². The molecule has 1 fully saturated rings. The molecule has 0 atom stereocenters. The van der Waals surface area contributed by atoms with Crippen molar-refractivity contribution >= 4 is 16.9 Å². The van der Waals surface area contributed by atoms with Crippen LogP contribution >= 0.6 is 0 Å². The SMILES string of the molecule is CCn1nc(C)c2c1c(=O)n(Cc1ccc(OC)cc1)c(=O)n2CC(=O)N1CCCCC1. The third-order valence-electron chi connectivity index (χ3n) is 6.08. The van der Waals surface area contributed by atoms with Gasteiger partial charge in [-0.15, -0.1) is 0 Å². The fourth-order valence-electron chi connectivity index (χ4n) is 4.37. The van der Waals surface area contributed by atoms with Crippen molar-refractivity contribution in [1.29, 1.82) is 0 Å². The van der Waals surface area contributed by atoms with E-state index in [0.29, 0.717) is 42.1 Å². The summed E-state index contributed by atoms with van der Waals surface area (Å²) in [6.45, 7) is 5.56. The van der Waals surface area contributed by atoms with Crippen molar-refractivity contribution < 1.29 is 9.53 Å². The maximum Gasteiger partial charge on any atom is 0.332 e. The van der Waals surface area contributed by atoms with Gasteiger partial charge in [-0.25, -0.2) is 4.79 Å². The van der Waals surface area contributed by atoms with E-state index in [4.69, 9.17) is 4.74 Å². The number of amides is 1. The first kappa shape index (κ1) is 21.9. The summed E-state index contributed by atoms with van der Waals surface area (Å²) in [4.78, 5) is 41.7. The van der Waals surface area contributed by atoms with Crippen LogP contribution in [-0.4, -0.2) is 49.9 Å². The molecule has 0 N–H and O–H groups in total. The molecule has 9 nitrogen and oxygen atoms in total. The summed E-state index contributed by atoms with van der Waals surface area (Å²) in [6.07, 6.45) is 3.06. The van der Waals surface area contributed by atoms with Crippen LogP contribution in [0.25, 0.3) is 11.0 Å². The lowest BCUT2D eigenvalue weighted by Crippen LogP contribution is -2.45. The molecule has 0 radical (unpaired) electrons. The van der Waals surface area contributed by atoms with Crippen molar-refractivity contribution in [2.24, 2.45) is 0 Å². The van der Waals surface area contributed by atoms with E-state index in [9.17, 15) is 14.4 Å². The van der Waals surface area contributed by atoms with Crippen molar-refractivity contribution in [2.45, 2.75) is 52.7 Å². The Kier molecular flexibility index (Phi) is 6.16. The second-order valence-corrected chi connectivity index (χ2v) is 8.15. The molecule has 1 aliphatic rings. The average Bonchev–Trinajstić information content (AvgIpc) is 3.16. The highest BCUT2D eigenvalue weighted by Crippen LogP contribution is 2.16. The summed E-state index contributed by atoms with van der Waals surface area (Å²) < 4.78 is 9.42. The lowest BCUT2D eigenvalue weighted by molar-refractivity contribution is -0.132. The Morgan fingerprint density at radius 3 is 2.34 bits per heavy atom. The molecule has 32 heavy (non-hydrogen) atoms. The van der Waals surface area contributed by atoms with Gasteiger partial charge in [-0.05, 0) is 50.8 Å². The van der Waals surface area contributed by atoms with Gasteiger partial charge in [-0.3, -0.25) is 23.4 Å². The van der Waals surface area contributed by atoms with Gasteiger partial charge in [0.2, 0.25) is 5.91 Å². The van der Waals surface area contributed by atoms with Crippen molar-refractivity contribution in [3.05, 3.63) is 56.4 Å². The minimum absolute atomic E-state index is 0.101. The quantitative estimate of drug-likeness (QED) is 0.584. The highest BCUT2D eigenvalue weighted by molar-refractivity contribution is 5.81. The molecule has 1 amide bonds. The van der Waals surface area contributed by atoms with E-state index < -0.39 is 11.2 Å². The zero-order chi connectivity index (χ0) is 22.8. The molecule has 1 aliphatic heterocycles. The normalized spacial score (nSPS) is 14.2. The fourth-order valence-corrected chi connectivity index (χ4v) is 4.37. The van der Waals surface area contributed by atoms with Crippen LogP contribution < -0.4 is 16.0 Å². The number of piperidine rings is 1. The molecule has 0 spiro atoms. The molecule has 3 heterocycles. The Balaban J connectivity index is 1.83.